The van der Waals surface area contributed by atoms with Gasteiger partial charge in [0, 0.05) is 24.4 Å². The number of carbonyl (C=O) groups is 2. The molecule has 1 aliphatic carbocycles. The first-order chi connectivity index (χ1) is 18.3. The van der Waals surface area contributed by atoms with E-state index >= 15 is 0 Å². The van der Waals surface area contributed by atoms with Gasteiger partial charge in [-0.1, -0.05) is 76.4 Å². The van der Waals surface area contributed by atoms with Gasteiger partial charge in [-0.25, -0.2) is 4.79 Å². The van der Waals surface area contributed by atoms with Gasteiger partial charge in [0.15, 0.2) is 0 Å². The first-order valence-corrected chi connectivity index (χ1v) is 13.8. The molecule has 1 saturated carbocycles. The molecule has 0 aromatic heterocycles. The Balaban J connectivity index is 1.80. The summed E-state index contributed by atoms with van der Waals surface area (Å²) in [6.45, 7) is 7.78. The Morgan fingerprint density at radius 1 is 1.00 bits per heavy atom. The molecule has 2 N–H and O–H groups in total. The normalized spacial score (nSPS) is 24.6. The quantitative estimate of drug-likeness (QED) is 0.422. The largest absolute Gasteiger partial charge is 0.480 e. The molecule has 2 aromatic rings. The highest BCUT2D eigenvalue weighted by molar-refractivity contribution is 5.87. The summed E-state index contributed by atoms with van der Waals surface area (Å²) >= 11 is 0. The minimum Gasteiger partial charge on any atom is -0.480 e. The average Bonchev–Trinajstić information content (AvgIpc) is 3.24. The third kappa shape index (κ3) is 6.16. The van der Waals surface area contributed by atoms with Gasteiger partial charge in [0.05, 0.1) is 11.6 Å². The lowest BCUT2D eigenvalue weighted by molar-refractivity contribution is -0.154. The number of carboxylic acids is 1. The van der Waals surface area contributed by atoms with Crippen LogP contribution in [0, 0.1) is 24.2 Å². The number of likely N-dealkylation sites (tertiary alicyclic amines) is 1. The lowest BCUT2D eigenvalue weighted by Gasteiger charge is -2.36. The lowest BCUT2D eigenvalue weighted by atomic mass is 9.72. The summed E-state index contributed by atoms with van der Waals surface area (Å²) in [5.41, 5.74) is 0.784. The maximum Gasteiger partial charge on any atom is 0.416 e. The number of halogens is 3. The molecule has 4 atom stereocenters. The third-order valence-electron chi connectivity index (χ3n) is 8.47. The molecule has 39 heavy (non-hydrogen) atoms. The van der Waals surface area contributed by atoms with Gasteiger partial charge in [-0.05, 0) is 54.0 Å². The number of nitrogens with one attached hydrogen (secondary N) is 1. The second-order valence-electron chi connectivity index (χ2n) is 12.2. The van der Waals surface area contributed by atoms with E-state index in [4.69, 9.17) is 0 Å². The number of carbonyl (C=O) groups excluding carboxylic acids is 1. The molecule has 1 heterocycles. The second-order valence-corrected chi connectivity index (χ2v) is 12.2. The lowest BCUT2D eigenvalue weighted by Crippen LogP contribution is -2.49. The zero-order valence-electron chi connectivity index (χ0n) is 23.1. The molecule has 0 spiro atoms. The summed E-state index contributed by atoms with van der Waals surface area (Å²) in [5, 5.41) is 14.0. The number of nitrogens with zero attached hydrogens (tertiary/aromatic N) is 1. The van der Waals surface area contributed by atoms with E-state index in [0.717, 1.165) is 49.8 Å². The van der Waals surface area contributed by atoms with Crippen LogP contribution in [0.2, 0.25) is 0 Å². The predicted molar refractivity (Wildman–Crippen MR) is 144 cm³/mol. The van der Waals surface area contributed by atoms with Crippen molar-refractivity contribution in [2.75, 3.05) is 0 Å². The fraction of sp³-hybridized carbons (Fsp3) is 0.548. The van der Waals surface area contributed by atoms with Crippen LogP contribution in [0.1, 0.15) is 81.2 Å². The van der Waals surface area contributed by atoms with E-state index in [1.807, 2.05) is 51.1 Å². The monoisotopic (exact) mass is 544 g/mol. The van der Waals surface area contributed by atoms with Gasteiger partial charge in [0.2, 0.25) is 5.91 Å². The van der Waals surface area contributed by atoms with Crippen LogP contribution in [-0.2, 0) is 22.3 Å². The molecule has 2 fully saturated rings. The van der Waals surface area contributed by atoms with E-state index in [0.29, 0.717) is 11.1 Å². The van der Waals surface area contributed by atoms with Crippen molar-refractivity contribution in [3.05, 3.63) is 70.8 Å². The third-order valence-corrected chi connectivity index (χ3v) is 8.47. The predicted octanol–water partition coefficient (Wildman–Crippen LogP) is 6.75. The molecular weight excluding hydrogens is 505 g/mol. The molecular formula is C31H39F3N2O3. The van der Waals surface area contributed by atoms with Crippen molar-refractivity contribution in [1.29, 1.82) is 0 Å². The molecule has 2 aromatic carbocycles. The smallest absolute Gasteiger partial charge is 0.416 e. The van der Waals surface area contributed by atoms with Gasteiger partial charge in [0.25, 0.3) is 0 Å². The van der Waals surface area contributed by atoms with Gasteiger partial charge in [-0.15, -0.1) is 0 Å². The molecule has 4 rings (SSSR count). The Labute approximate surface area is 228 Å². The van der Waals surface area contributed by atoms with Crippen molar-refractivity contribution in [3.8, 4) is 0 Å². The molecule has 0 bridgehead atoms. The van der Waals surface area contributed by atoms with E-state index in [2.05, 4.69) is 5.32 Å². The van der Waals surface area contributed by atoms with Gasteiger partial charge in [-0.3, -0.25) is 4.79 Å². The number of carboxylic acid groups (broad SMARTS) is 1. The molecule has 1 saturated heterocycles. The molecule has 1 amide bonds. The van der Waals surface area contributed by atoms with Crippen molar-refractivity contribution in [3.63, 3.8) is 0 Å². The summed E-state index contributed by atoms with van der Waals surface area (Å²) in [5.74, 6) is -1.90. The van der Waals surface area contributed by atoms with Crippen molar-refractivity contribution in [1.82, 2.24) is 10.2 Å². The topological polar surface area (TPSA) is 69.6 Å². The van der Waals surface area contributed by atoms with Crippen LogP contribution in [0.3, 0.4) is 0 Å². The maximum atomic E-state index is 14.1. The number of aryl methyl sites for hydroxylation is 1. The number of rotatable bonds is 6. The SMILES string of the molecule is Cc1ccc(C(F)(F)F)cc1CN[C@@H]1[C@@H](C(C)(C)C)[C@H](C(=O)O)N(C(=O)C2CCCCC2)[C@@H]1c1ccccc1. The summed E-state index contributed by atoms with van der Waals surface area (Å²) in [6.07, 6.45) is -0.0303. The zero-order chi connectivity index (χ0) is 28.5. The van der Waals surface area contributed by atoms with Gasteiger partial charge in [-0.2, -0.15) is 13.2 Å². The maximum absolute atomic E-state index is 14.1. The Morgan fingerprint density at radius 2 is 1.64 bits per heavy atom. The number of hydrogen-bond acceptors (Lipinski definition) is 3. The minimum absolute atomic E-state index is 0.119. The van der Waals surface area contributed by atoms with Crippen LogP contribution in [0.4, 0.5) is 13.2 Å². The Kier molecular flexibility index (Phi) is 8.45. The highest BCUT2D eigenvalue weighted by Crippen LogP contribution is 2.49. The fourth-order valence-electron chi connectivity index (χ4n) is 6.55. The van der Waals surface area contributed by atoms with Crippen LogP contribution in [-0.4, -0.2) is 34.0 Å². The van der Waals surface area contributed by atoms with E-state index in [9.17, 15) is 27.9 Å². The van der Waals surface area contributed by atoms with Crippen molar-refractivity contribution in [2.24, 2.45) is 17.3 Å². The van der Waals surface area contributed by atoms with Gasteiger partial charge >= 0.3 is 12.1 Å². The summed E-state index contributed by atoms with van der Waals surface area (Å²) in [7, 11) is 0. The van der Waals surface area contributed by atoms with Crippen molar-refractivity contribution >= 4 is 11.9 Å². The Hall–Kier alpha value is -2.87. The Morgan fingerprint density at radius 3 is 2.21 bits per heavy atom. The van der Waals surface area contributed by atoms with Gasteiger partial charge < -0.3 is 15.3 Å². The van der Waals surface area contributed by atoms with Crippen LogP contribution in [0.15, 0.2) is 48.5 Å². The number of benzene rings is 2. The molecule has 5 nitrogen and oxygen atoms in total. The first kappa shape index (κ1) is 29.1. The second kappa shape index (κ2) is 11.3. The van der Waals surface area contributed by atoms with E-state index < -0.39 is 47.2 Å². The summed E-state index contributed by atoms with van der Waals surface area (Å²) in [4.78, 5) is 28.6. The first-order valence-electron chi connectivity index (χ1n) is 13.8. The minimum atomic E-state index is -4.46. The highest BCUT2D eigenvalue weighted by atomic mass is 19.4. The van der Waals surface area contributed by atoms with Crippen molar-refractivity contribution < 1.29 is 27.9 Å². The van der Waals surface area contributed by atoms with E-state index in [1.165, 1.54) is 6.07 Å². The average molecular weight is 545 g/mol. The Bertz CT molecular complexity index is 1170. The molecule has 0 radical (unpaired) electrons. The van der Waals surface area contributed by atoms with E-state index in [1.54, 1.807) is 11.8 Å². The van der Waals surface area contributed by atoms with Crippen molar-refractivity contribution in [2.45, 2.75) is 90.6 Å². The fourth-order valence-corrected chi connectivity index (χ4v) is 6.55. The number of hydrogen-bond donors (Lipinski definition) is 2. The highest BCUT2D eigenvalue weighted by Gasteiger charge is 2.58. The number of alkyl halides is 3. The molecule has 212 valence electrons. The molecule has 0 unspecified atom stereocenters. The summed E-state index contributed by atoms with van der Waals surface area (Å²) in [6, 6.07) is 11.0. The van der Waals surface area contributed by atoms with Crippen LogP contribution >= 0.6 is 0 Å². The van der Waals surface area contributed by atoms with E-state index in [-0.39, 0.29) is 18.4 Å². The molecule has 2 aliphatic rings. The molecule has 1 aliphatic heterocycles. The van der Waals surface area contributed by atoms with Crippen LogP contribution < -0.4 is 5.32 Å². The number of aliphatic carboxylic acids is 1. The number of amides is 1. The van der Waals surface area contributed by atoms with Crippen LogP contribution in [0.25, 0.3) is 0 Å². The molecule has 8 heteroatoms. The summed E-state index contributed by atoms with van der Waals surface area (Å²) < 4.78 is 40.4. The van der Waals surface area contributed by atoms with Crippen LogP contribution in [0.5, 0.6) is 0 Å². The zero-order valence-corrected chi connectivity index (χ0v) is 23.1. The van der Waals surface area contributed by atoms with Gasteiger partial charge in [0.1, 0.15) is 6.04 Å². The standard InChI is InChI=1S/C31H39F3N2O3/c1-19-15-16-23(31(32,33)34)17-22(19)18-35-25-24(30(2,3)4)27(29(38)39)36(26(25)20-11-7-5-8-12-20)28(37)21-13-9-6-10-14-21/h5,7-8,11-12,15-17,21,24-27,35H,6,9-10,13-14,18H2,1-4H3,(H,38,39)/t24-,25-,26-,27-/m1/s1.